The second kappa shape index (κ2) is 4.74. The number of amides is 2. The van der Waals surface area contributed by atoms with E-state index < -0.39 is 5.82 Å². The smallest absolute Gasteiger partial charge is 0.234 e. The Hall–Kier alpha value is -1.75. The summed E-state index contributed by atoms with van der Waals surface area (Å²) in [6, 6.07) is 4.30. The molecule has 0 radical (unpaired) electrons. The van der Waals surface area contributed by atoms with Gasteiger partial charge in [0.25, 0.3) is 0 Å². The molecular formula is C14H17FN2O2. The lowest BCUT2D eigenvalue weighted by atomic mass is 9.81. The van der Waals surface area contributed by atoms with E-state index in [0.717, 1.165) is 4.90 Å². The minimum absolute atomic E-state index is 0.0531. The van der Waals surface area contributed by atoms with Gasteiger partial charge in [0.15, 0.2) is 0 Å². The first kappa shape index (κ1) is 13.7. The Bertz CT molecular complexity index is 520. The molecule has 102 valence electrons. The summed E-state index contributed by atoms with van der Waals surface area (Å²) in [6.07, 6.45) is 0.526. The Labute approximate surface area is 111 Å². The second-order valence-corrected chi connectivity index (χ2v) is 5.58. The fraction of sp³-hybridized carbons (Fsp3) is 0.429. The van der Waals surface area contributed by atoms with Crippen molar-refractivity contribution in [2.75, 3.05) is 4.90 Å². The molecule has 0 saturated carbocycles. The third kappa shape index (κ3) is 2.51. The number of benzene rings is 1. The van der Waals surface area contributed by atoms with Gasteiger partial charge in [0.1, 0.15) is 5.82 Å². The number of anilines is 1. The highest BCUT2D eigenvalue weighted by atomic mass is 19.1. The van der Waals surface area contributed by atoms with Crippen LogP contribution in [0.15, 0.2) is 18.2 Å². The third-order valence-electron chi connectivity index (χ3n) is 3.30. The van der Waals surface area contributed by atoms with E-state index in [-0.39, 0.29) is 47.9 Å². The molecule has 2 N–H and O–H groups in total. The maximum atomic E-state index is 13.7. The fourth-order valence-electron chi connectivity index (χ4n) is 2.41. The highest BCUT2D eigenvalue weighted by molar-refractivity contribution is 6.17. The summed E-state index contributed by atoms with van der Waals surface area (Å²) >= 11 is 0. The normalized spacial score (nSPS) is 18.8. The minimum atomic E-state index is -0.495. The number of hydrogen-bond donors (Lipinski definition) is 1. The molecule has 0 spiro atoms. The van der Waals surface area contributed by atoms with Gasteiger partial charge in [-0.15, -0.1) is 0 Å². The van der Waals surface area contributed by atoms with E-state index in [1.54, 1.807) is 6.07 Å². The van der Waals surface area contributed by atoms with E-state index in [1.807, 2.05) is 13.8 Å². The Morgan fingerprint density at radius 1 is 1.26 bits per heavy atom. The minimum Gasteiger partial charge on any atom is -0.326 e. The molecule has 4 nitrogen and oxygen atoms in total. The number of piperidine rings is 1. The zero-order valence-electron chi connectivity index (χ0n) is 11.1. The van der Waals surface area contributed by atoms with Crippen LogP contribution in [0.1, 0.15) is 32.3 Å². The molecule has 1 fully saturated rings. The topological polar surface area (TPSA) is 63.4 Å². The number of halogens is 1. The summed E-state index contributed by atoms with van der Waals surface area (Å²) in [6.45, 7) is 3.69. The number of rotatable bonds is 2. The van der Waals surface area contributed by atoms with Crippen LogP contribution in [0.3, 0.4) is 0 Å². The van der Waals surface area contributed by atoms with E-state index in [1.165, 1.54) is 12.1 Å². The summed E-state index contributed by atoms with van der Waals surface area (Å²) in [7, 11) is 0. The molecule has 1 heterocycles. The summed E-state index contributed by atoms with van der Waals surface area (Å²) in [5, 5.41) is 0. The SMILES string of the molecule is CC1(C)CC(=O)N(c2cccc(F)c2CN)C(=O)C1. The Morgan fingerprint density at radius 2 is 1.84 bits per heavy atom. The molecule has 0 aliphatic carbocycles. The van der Waals surface area contributed by atoms with Crippen LogP contribution >= 0.6 is 0 Å². The zero-order chi connectivity index (χ0) is 14.2. The first-order chi connectivity index (χ1) is 8.85. The fourth-order valence-corrected chi connectivity index (χ4v) is 2.41. The van der Waals surface area contributed by atoms with Crippen molar-refractivity contribution >= 4 is 17.5 Å². The van der Waals surface area contributed by atoms with Gasteiger partial charge in [-0.1, -0.05) is 19.9 Å². The average Bonchev–Trinajstić information content (AvgIpc) is 2.26. The summed E-state index contributed by atoms with van der Waals surface area (Å²) < 4.78 is 13.7. The van der Waals surface area contributed by atoms with Gasteiger partial charge in [0, 0.05) is 24.9 Å². The number of nitrogens with two attached hydrogens (primary N) is 1. The highest BCUT2D eigenvalue weighted by Crippen LogP contribution is 2.35. The largest absolute Gasteiger partial charge is 0.326 e. The molecule has 0 atom stereocenters. The maximum absolute atomic E-state index is 13.7. The van der Waals surface area contributed by atoms with Crippen LogP contribution in [0.4, 0.5) is 10.1 Å². The second-order valence-electron chi connectivity index (χ2n) is 5.58. The van der Waals surface area contributed by atoms with Gasteiger partial charge in [0.2, 0.25) is 11.8 Å². The van der Waals surface area contributed by atoms with E-state index in [9.17, 15) is 14.0 Å². The zero-order valence-corrected chi connectivity index (χ0v) is 11.1. The van der Waals surface area contributed by atoms with E-state index in [2.05, 4.69) is 0 Å². The molecule has 2 amide bonds. The maximum Gasteiger partial charge on any atom is 0.234 e. The Kier molecular flexibility index (Phi) is 3.41. The van der Waals surface area contributed by atoms with Crippen molar-refractivity contribution in [3.05, 3.63) is 29.6 Å². The van der Waals surface area contributed by atoms with E-state index in [0.29, 0.717) is 0 Å². The molecule has 1 aliphatic heterocycles. The van der Waals surface area contributed by atoms with Gasteiger partial charge < -0.3 is 5.73 Å². The standard InChI is InChI=1S/C14H17FN2O2/c1-14(2)6-12(18)17(13(19)7-14)11-5-3-4-10(15)9(11)8-16/h3-5H,6-8,16H2,1-2H3. The van der Waals surface area contributed by atoms with Gasteiger partial charge in [-0.25, -0.2) is 4.39 Å². The number of hydrogen-bond acceptors (Lipinski definition) is 3. The molecular weight excluding hydrogens is 247 g/mol. The molecule has 1 aliphatic rings. The van der Waals surface area contributed by atoms with Crippen molar-refractivity contribution in [1.29, 1.82) is 0 Å². The van der Waals surface area contributed by atoms with E-state index in [4.69, 9.17) is 5.73 Å². The van der Waals surface area contributed by atoms with Gasteiger partial charge >= 0.3 is 0 Å². The van der Waals surface area contributed by atoms with Gasteiger partial charge in [-0.2, -0.15) is 0 Å². The van der Waals surface area contributed by atoms with Crippen molar-refractivity contribution < 1.29 is 14.0 Å². The van der Waals surface area contributed by atoms with Gasteiger partial charge in [0.05, 0.1) is 5.69 Å². The van der Waals surface area contributed by atoms with Crippen molar-refractivity contribution in [2.45, 2.75) is 33.2 Å². The monoisotopic (exact) mass is 264 g/mol. The molecule has 0 bridgehead atoms. The van der Waals surface area contributed by atoms with Crippen molar-refractivity contribution in [2.24, 2.45) is 11.1 Å². The summed E-state index contributed by atoms with van der Waals surface area (Å²) in [4.78, 5) is 25.4. The van der Waals surface area contributed by atoms with Crippen LogP contribution in [0.2, 0.25) is 0 Å². The van der Waals surface area contributed by atoms with E-state index >= 15 is 0 Å². The number of carbonyl (C=O) groups excluding carboxylic acids is 2. The predicted octanol–water partition coefficient (Wildman–Crippen LogP) is 1.96. The lowest BCUT2D eigenvalue weighted by Crippen LogP contribution is -2.46. The summed E-state index contributed by atoms with van der Waals surface area (Å²) in [5.74, 6) is -1.10. The molecule has 1 aromatic carbocycles. The van der Waals surface area contributed by atoms with Gasteiger partial charge in [-0.3, -0.25) is 14.5 Å². The number of carbonyl (C=O) groups is 2. The van der Waals surface area contributed by atoms with Crippen molar-refractivity contribution in [3.8, 4) is 0 Å². The molecule has 1 aromatic rings. The lowest BCUT2D eigenvalue weighted by Gasteiger charge is -2.35. The first-order valence-electron chi connectivity index (χ1n) is 6.19. The Balaban J connectivity index is 2.45. The highest BCUT2D eigenvalue weighted by Gasteiger charge is 2.39. The van der Waals surface area contributed by atoms with Crippen LogP contribution in [-0.4, -0.2) is 11.8 Å². The van der Waals surface area contributed by atoms with Crippen molar-refractivity contribution in [3.63, 3.8) is 0 Å². The third-order valence-corrected chi connectivity index (χ3v) is 3.30. The Morgan fingerprint density at radius 3 is 2.37 bits per heavy atom. The molecule has 1 saturated heterocycles. The summed E-state index contributed by atoms with van der Waals surface area (Å²) in [5.41, 5.74) is 5.64. The van der Waals surface area contributed by atoms with Crippen molar-refractivity contribution in [1.82, 2.24) is 0 Å². The van der Waals surface area contributed by atoms with Crippen LogP contribution in [0, 0.1) is 11.2 Å². The molecule has 0 unspecified atom stereocenters. The lowest BCUT2D eigenvalue weighted by molar-refractivity contribution is -0.132. The van der Waals surface area contributed by atoms with Crippen LogP contribution in [0.25, 0.3) is 0 Å². The molecule has 19 heavy (non-hydrogen) atoms. The quantitative estimate of drug-likeness (QED) is 0.830. The molecule has 2 rings (SSSR count). The molecule has 5 heteroatoms. The average molecular weight is 264 g/mol. The van der Waals surface area contributed by atoms with Crippen LogP contribution < -0.4 is 10.6 Å². The van der Waals surface area contributed by atoms with Gasteiger partial charge in [-0.05, 0) is 17.5 Å². The van der Waals surface area contributed by atoms with Crippen LogP contribution in [-0.2, 0) is 16.1 Å². The first-order valence-corrected chi connectivity index (χ1v) is 6.19. The predicted molar refractivity (Wildman–Crippen MR) is 69.8 cm³/mol. The number of nitrogens with zero attached hydrogens (tertiary/aromatic N) is 1. The van der Waals surface area contributed by atoms with Crippen LogP contribution in [0.5, 0.6) is 0 Å². The molecule has 0 aromatic heterocycles. The number of imide groups is 1.